The lowest BCUT2D eigenvalue weighted by molar-refractivity contribution is -0.129. The Balaban J connectivity index is 2.01. The monoisotopic (exact) mass is 181 g/mol. The van der Waals surface area contributed by atoms with Crippen LogP contribution in [0.5, 0.6) is 0 Å². The molecule has 0 aromatic carbocycles. The summed E-state index contributed by atoms with van der Waals surface area (Å²) in [5.41, 5.74) is 0. The van der Waals surface area contributed by atoms with Gasteiger partial charge in [0.25, 0.3) is 0 Å². The van der Waals surface area contributed by atoms with E-state index in [1.165, 1.54) is 19.4 Å². The highest BCUT2D eigenvalue weighted by atomic mass is 16.1. The minimum Gasteiger partial charge on any atom is -0.303 e. The fourth-order valence-corrected chi connectivity index (χ4v) is 2.79. The number of ketones is 1. The largest absolute Gasteiger partial charge is 0.303 e. The van der Waals surface area contributed by atoms with Crippen LogP contribution in [0.4, 0.5) is 0 Å². The summed E-state index contributed by atoms with van der Waals surface area (Å²) in [6.07, 6.45) is 4.54. The molecule has 1 aliphatic heterocycles. The van der Waals surface area contributed by atoms with Crippen LogP contribution in [0.3, 0.4) is 0 Å². The van der Waals surface area contributed by atoms with Gasteiger partial charge in [-0.25, -0.2) is 0 Å². The average Bonchev–Trinajstić information content (AvgIpc) is 2.18. The molecule has 0 unspecified atom stereocenters. The molecule has 2 aliphatic rings. The number of piperidine rings is 1. The van der Waals surface area contributed by atoms with Gasteiger partial charge in [0, 0.05) is 18.9 Å². The second kappa shape index (κ2) is 3.79. The Morgan fingerprint density at radius 3 is 3.08 bits per heavy atom. The van der Waals surface area contributed by atoms with Gasteiger partial charge >= 0.3 is 0 Å². The lowest BCUT2D eigenvalue weighted by Crippen LogP contribution is -2.45. The van der Waals surface area contributed by atoms with E-state index in [-0.39, 0.29) is 0 Å². The minimum atomic E-state index is 0.391. The maximum Gasteiger partial charge on any atom is 0.137 e. The Kier molecular flexibility index (Phi) is 2.68. The van der Waals surface area contributed by atoms with E-state index in [0.29, 0.717) is 11.7 Å². The van der Waals surface area contributed by atoms with E-state index in [2.05, 4.69) is 11.8 Å². The fourth-order valence-electron chi connectivity index (χ4n) is 2.79. The molecule has 2 nitrogen and oxygen atoms in total. The number of hydrogen-bond donors (Lipinski definition) is 0. The van der Waals surface area contributed by atoms with Crippen molar-refractivity contribution in [3.05, 3.63) is 0 Å². The molecule has 1 saturated heterocycles. The van der Waals surface area contributed by atoms with Crippen LogP contribution >= 0.6 is 0 Å². The van der Waals surface area contributed by atoms with Gasteiger partial charge in [-0.1, -0.05) is 6.92 Å². The molecule has 1 heterocycles. The van der Waals surface area contributed by atoms with Gasteiger partial charge in [0.15, 0.2) is 0 Å². The van der Waals surface area contributed by atoms with E-state index in [4.69, 9.17) is 0 Å². The lowest BCUT2D eigenvalue weighted by atomic mass is 9.74. The number of likely N-dealkylation sites (tertiary alicyclic amines) is 1. The van der Waals surface area contributed by atoms with Crippen molar-refractivity contribution in [2.75, 3.05) is 19.6 Å². The molecule has 0 aromatic heterocycles. The number of rotatable bonds is 1. The van der Waals surface area contributed by atoms with Crippen LogP contribution in [-0.2, 0) is 4.79 Å². The van der Waals surface area contributed by atoms with Crippen molar-refractivity contribution in [1.29, 1.82) is 0 Å². The Hall–Kier alpha value is -0.370. The Bertz CT molecular complexity index is 202. The van der Waals surface area contributed by atoms with Crippen LogP contribution in [0.2, 0.25) is 0 Å². The van der Waals surface area contributed by atoms with E-state index in [9.17, 15) is 4.79 Å². The third kappa shape index (κ3) is 1.78. The Morgan fingerprint density at radius 2 is 2.31 bits per heavy atom. The molecule has 0 bridgehead atoms. The molecule has 0 aromatic rings. The van der Waals surface area contributed by atoms with Crippen LogP contribution in [0.25, 0.3) is 0 Å². The van der Waals surface area contributed by atoms with Gasteiger partial charge in [0.2, 0.25) is 0 Å². The minimum absolute atomic E-state index is 0.391. The first-order chi connectivity index (χ1) is 6.31. The molecular weight excluding hydrogens is 162 g/mol. The van der Waals surface area contributed by atoms with Crippen LogP contribution in [-0.4, -0.2) is 30.3 Å². The number of nitrogens with zero attached hydrogens (tertiary/aromatic N) is 1. The first kappa shape index (κ1) is 9.20. The zero-order valence-corrected chi connectivity index (χ0v) is 8.46. The Labute approximate surface area is 80.3 Å². The van der Waals surface area contributed by atoms with Crippen molar-refractivity contribution < 1.29 is 4.79 Å². The van der Waals surface area contributed by atoms with Crippen LogP contribution < -0.4 is 0 Å². The molecule has 2 heteroatoms. The number of Topliss-reactive ketones (excluding diaryl/α,β-unsaturated/α-hetero) is 1. The summed E-state index contributed by atoms with van der Waals surface area (Å²) in [7, 11) is 0. The third-order valence-electron chi connectivity index (χ3n) is 3.70. The van der Waals surface area contributed by atoms with Gasteiger partial charge < -0.3 is 4.90 Å². The Morgan fingerprint density at radius 1 is 1.46 bits per heavy atom. The van der Waals surface area contributed by atoms with Crippen molar-refractivity contribution in [3.63, 3.8) is 0 Å². The number of fused-ring (bicyclic) bond motifs is 1. The van der Waals surface area contributed by atoms with Crippen LogP contribution in [0.15, 0.2) is 0 Å². The van der Waals surface area contributed by atoms with E-state index in [1.54, 1.807) is 0 Å². The van der Waals surface area contributed by atoms with Crippen molar-refractivity contribution in [1.82, 2.24) is 4.90 Å². The van der Waals surface area contributed by atoms with Gasteiger partial charge in [-0.05, 0) is 38.3 Å². The SMILES string of the molecule is CCN1CC[C@H]2CCCC(=O)[C@@H]2C1. The topological polar surface area (TPSA) is 20.3 Å². The fraction of sp³-hybridized carbons (Fsp3) is 0.909. The summed E-state index contributed by atoms with van der Waals surface area (Å²) >= 11 is 0. The molecule has 2 atom stereocenters. The van der Waals surface area contributed by atoms with E-state index < -0.39 is 0 Å². The summed E-state index contributed by atoms with van der Waals surface area (Å²) in [5, 5.41) is 0. The molecule has 1 saturated carbocycles. The normalized spacial score (nSPS) is 35.9. The molecule has 2 rings (SSSR count). The first-order valence-electron chi connectivity index (χ1n) is 5.56. The molecule has 0 N–H and O–H groups in total. The molecule has 0 radical (unpaired) electrons. The predicted molar refractivity (Wildman–Crippen MR) is 52.6 cm³/mol. The molecule has 13 heavy (non-hydrogen) atoms. The maximum absolute atomic E-state index is 11.7. The number of carbonyl (C=O) groups excluding carboxylic acids is 1. The second-order valence-electron chi connectivity index (χ2n) is 4.41. The van der Waals surface area contributed by atoms with E-state index in [1.807, 2.05) is 0 Å². The van der Waals surface area contributed by atoms with Gasteiger partial charge in [0.05, 0.1) is 0 Å². The summed E-state index contributed by atoms with van der Waals surface area (Å²) < 4.78 is 0. The summed E-state index contributed by atoms with van der Waals surface area (Å²) in [4.78, 5) is 14.1. The molecule has 2 fully saturated rings. The van der Waals surface area contributed by atoms with Crippen molar-refractivity contribution in [2.24, 2.45) is 11.8 Å². The van der Waals surface area contributed by atoms with E-state index >= 15 is 0 Å². The van der Waals surface area contributed by atoms with Crippen LogP contribution in [0.1, 0.15) is 32.6 Å². The quantitative estimate of drug-likeness (QED) is 0.613. The summed E-state index contributed by atoms with van der Waals surface area (Å²) in [6, 6.07) is 0. The summed E-state index contributed by atoms with van der Waals surface area (Å²) in [6.45, 7) is 5.55. The number of hydrogen-bond acceptors (Lipinski definition) is 2. The van der Waals surface area contributed by atoms with Crippen molar-refractivity contribution in [3.8, 4) is 0 Å². The van der Waals surface area contributed by atoms with Gasteiger partial charge in [0.1, 0.15) is 5.78 Å². The maximum atomic E-state index is 11.7. The molecular formula is C11H19NO. The smallest absolute Gasteiger partial charge is 0.137 e. The third-order valence-corrected chi connectivity index (χ3v) is 3.70. The highest BCUT2D eigenvalue weighted by molar-refractivity contribution is 5.82. The standard InChI is InChI=1S/C11H19NO/c1-2-12-7-6-9-4-3-5-11(13)10(9)8-12/h9-10H,2-8H2,1H3/t9-,10-/m1/s1. The highest BCUT2D eigenvalue weighted by Gasteiger charge is 2.35. The predicted octanol–water partition coefficient (Wildman–Crippen LogP) is 1.70. The number of carbonyl (C=O) groups is 1. The van der Waals surface area contributed by atoms with Gasteiger partial charge in [-0.15, -0.1) is 0 Å². The highest BCUT2D eigenvalue weighted by Crippen LogP contribution is 2.33. The van der Waals surface area contributed by atoms with Crippen molar-refractivity contribution in [2.45, 2.75) is 32.6 Å². The second-order valence-corrected chi connectivity index (χ2v) is 4.41. The lowest BCUT2D eigenvalue weighted by Gasteiger charge is -2.39. The van der Waals surface area contributed by atoms with Crippen LogP contribution in [0, 0.1) is 11.8 Å². The summed E-state index contributed by atoms with van der Waals surface area (Å²) in [5.74, 6) is 1.65. The zero-order valence-electron chi connectivity index (χ0n) is 8.46. The first-order valence-corrected chi connectivity index (χ1v) is 5.56. The zero-order chi connectivity index (χ0) is 9.26. The average molecular weight is 181 g/mol. The molecule has 0 amide bonds. The van der Waals surface area contributed by atoms with Gasteiger partial charge in [-0.2, -0.15) is 0 Å². The molecule has 74 valence electrons. The van der Waals surface area contributed by atoms with Gasteiger partial charge in [-0.3, -0.25) is 4.79 Å². The van der Waals surface area contributed by atoms with Crippen molar-refractivity contribution >= 4 is 5.78 Å². The molecule has 0 spiro atoms. The van der Waals surface area contributed by atoms with E-state index in [0.717, 1.165) is 31.8 Å². The molecule has 1 aliphatic carbocycles.